The highest BCUT2D eigenvalue weighted by molar-refractivity contribution is 5.74. The fourth-order valence-electron chi connectivity index (χ4n) is 5.28. The standard InChI is InChI=1S/C32H39N3O5/c1-2-33-32(37)34-20-27-5-3-4-6-29(27)24-11-13-26(14-12-24)31-39-28(21-35-15-17-38-18-16-35)19-30(40-31)25-9-7-23(22-36)8-10-25/h3-14,28,30-31,36H,2,15-22H2,1H3,(H2,33,34,37)/t28-,30+,31+/m1/s1. The Balaban J connectivity index is 1.33. The quantitative estimate of drug-likeness (QED) is 0.366. The molecule has 2 aliphatic rings. The highest BCUT2D eigenvalue weighted by Crippen LogP contribution is 2.39. The van der Waals surface area contributed by atoms with E-state index in [1.165, 1.54) is 0 Å². The topological polar surface area (TPSA) is 92.3 Å². The molecule has 2 aliphatic heterocycles. The van der Waals surface area contributed by atoms with Crippen LogP contribution in [0.2, 0.25) is 0 Å². The summed E-state index contributed by atoms with van der Waals surface area (Å²) in [4.78, 5) is 14.3. The van der Waals surface area contributed by atoms with Gasteiger partial charge in [0.2, 0.25) is 0 Å². The predicted molar refractivity (Wildman–Crippen MR) is 153 cm³/mol. The van der Waals surface area contributed by atoms with Gasteiger partial charge in [-0.05, 0) is 34.7 Å². The van der Waals surface area contributed by atoms with Gasteiger partial charge in [0.1, 0.15) is 0 Å². The third-order valence-electron chi connectivity index (χ3n) is 7.47. The van der Waals surface area contributed by atoms with Crippen molar-refractivity contribution in [1.29, 1.82) is 0 Å². The van der Waals surface area contributed by atoms with Crippen LogP contribution in [0.3, 0.4) is 0 Å². The van der Waals surface area contributed by atoms with Crippen LogP contribution in [0.15, 0.2) is 72.8 Å². The fraction of sp³-hybridized carbons (Fsp3) is 0.406. The third-order valence-corrected chi connectivity index (χ3v) is 7.47. The molecule has 0 aromatic heterocycles. The van der Waals surface area contributed by atoms with Crippen molar-refractivity contribution in [3.8, 4) is 11.1 Å². The largest absolute Gasteiger partial charge is 0.392 e. The molecular formula is C32H39N3O5. The zero-order valence-electron chi connectivity index (χ0n) is 23.1. The molecule has 3 atom stereocenters. The molecule has 8 nitrogen and oxygen atoms in total. The predicted octanol–water partition coefficient (Wildman–Crippen LogP) is 4.54. The van der Waals surface area contributed by atoms with Crippen LogP contribution in [-0.4, -0.2) is 61.5 Å². The number of nitrogens with zero attached hydrogens (tertiary/aromatic N) is 1. The first-order valence-corrected chi connectivity index (χ1v) is 14.1. The van der Waals surface area contributed by atoms with Crippen molar-refractivity contribution < 1.29 is 24.1 Å². The first kappa shape index (κ1) is 28.3. The summed E-state index contributed by atoms with van der Waals surface area (Å²) in [5.74, 6) is 0. The van der Waals surface area contributed by atoms with Gasteiger partial charge in [-0.2, -0.15) is 0 Å². The molecule has 0 spiro atoms. The van der Waals surface area contributed by atoms with E-state index < -0.39 is 6.29 Å². The molecule has 2 amide bonds. The van der Waals surface area contributed by atoms with Gasteiger partial charge in [-0.15, -0.1) is 0 Å². The summed E-state index contributed by atoms with van der Waals surface area (Å²) in [6.07, 6.45) is 0.167. The van der Waals surface area contributed by atoms with Crippen molar-refractivity contribution in [1.82, 2.24) is 15.5 Å². The van der Waals surface area contributed by atoms with Crippen LogP contribution in [0.4, 0.5) is 4.79 Å². The van der Waals surface area contributed by atoms with E-state index in [1.807, 2.05) is 49.4 Å². The van der Waals surface area contributed by atoms with Crippen LogP contribution >= 0.6 is 0 Å². The van der Waals surface area contributed by atoms with E-state index in [2.05, 4.69) is 45.9 Å². The number of rotatable bonds is 9. The lowest BCUT2D eigenvalue weighted by atomic mass is 9.97. The minimum atomic E-state index is -0.494. The van der Waals surface area contributed by atoms with Crippen LogP contribution in [0.25, 0.3) is 11.1 Å². The molecule has 0 bridgehead atoms. The van der Waals surface area contributed by atoms with E-state index in [4.69, 9.17) is 14.2 Å². The minimum absolute atomic E-state index is 0.0140. The maximum Gasteiger partial charge on any atom is 0.315 e. The average molecular weight is 546 g/mol. The van der Waals surface area contributed by atoms with Crippen molar-refractivity contribution in [2.24, 2.45) is 0 Å². The summed E-state index contributed by atoms with van der Waals surface area (Å²) in [5.41, 5.74) is 6.11. The smallest absolute Gasteiger partial charge is 0.315 e. The Bertz CT molecular complexity index is 1230. The third kappa shape index (κ3) is 7.27. The number of nitrogens with one attached hydrogen (secondary N) is 2. The van der Waals surface area contributed by atoms with Crippen LogP contribution in [-0.2, 0) is 27.4 Å². The van der Waals surface area contributed by atoms with Gasteiger partial charge in [0.05, 0.1) is 32.0 Å². The maximum absolute atomic E-state index is 11.9. The Kier molecular flexibility index (Phi) is 9.81. The molecule has 3 aromatic carbocycles. The van der Waals surface area contributed by atoms with Crippen LogP contribution in [0, 0.1) is 0 Å². The number of morpholine rings is 1. The summed E-state index contributed by atoms with van der Waals surface area (Å²) in [7, 11) is 0. The normalized spacial score (nSPS) is 21.6. The number of aliphatic hydroxyl groups excluding tert-OH is 1. The van der Waals surface area contributed by atoms with Gasteiger partial charge in [-0.3, -0.25) is 4.90 Å². The SMILES string of the molecule is CCNC(=O)NCc1ccccc1-c1ccc([C@H]2O[C@@H](CN3CCOCC3)C[C@@H](c3ccc(CO)cc3)O2)cc1. The van der Waals surface area contributed by atoms with Crippen LogP contribution < -0.4 is 10.6 Å². The molecule has 40 heavy (non-hydrogen) atoms. The van der Waals surface area contributed by atoms with Crippen molar-refractivity contribution >= 4 is 6.03 Å². The Morgan fingerprint density at radius 3 is 2.38 bits per heavy atom. The van der Waals surface area contributed by atoms with E-state index in [-0.39, 0.29) is 24.8 Å². The Labute approximate surface area is 236 Å². The van der Waals surface area contributed by atoms with E-state index >= 15 is 0 Å². The number of hydrogen-bond acceptors (Lipinski definition) is 6. The highest BCUT2D eigenvalue weighted by atomic mass is 16.7. The summed E-state index contributed by atoms with van der Waals surface area (Å²) in [6.45, 7) is 7.10. The number of benzene rings is 3. The lowest BCUT2D eigenvalue weighted by Gasteiger charge is -2.39. The second-order valence-electron chi connectivity index (χ2n) is 10.3. The molecule has 0 unspecified atom stereocenters. The van der Waals surface area contributed by atoms with Gasteiger partial charge in [0.25, 0.3) is 0 Å². The average Bonchev–Trinajstić information content (AvgIpc) is 3.01. The zero-order valence-corrected chi connectivity index (χ0v) is 23.1. The Morgan fingerprint density at radius 1 is 0.925 bits per heavy atom. The first-order valence-electron chi connectivity index (χ1n) is 14.1. The molecule has 212 valence electrons. The summed E-state index contributed by atoms with van der Waals surface area (Å²) in [5, 5.41) is 15.2. The Morgan fingerprint density at radius 2 is 1.65 bits per heavy atom. The van der Waals surface area contributed by atoms with Crippen molar-refractivity contribution in [2.45, 2.75) is 45.0 Å². The molecular weight excluding hydrogens is 506 g/mol. The second-order valence-corrected chi connectivity index (χ2v) is 10.3. The van der Waals surface area contributed by atoms with Gasteiger partial charge in [0.15, 0.2) is 6.29 Å². The molecule has 0 saturated carbocycles. The number of urea groups is 1. The fourth-order valence-corrected chi connectivity index (χ4v) is 5.28. The van der Waals surface area contributed by atoms with Crippen LogP contribution in [0.5, 0.6) is 0 Å². The maximum atomic E-state index is 11.9. The molecule has 3 aromatic rings. The molecule has 3 N–H and O–H groups in total. The highest BCUT2D eigenvalue weighted by Gasteiger charge is 2.33. The molecule has 5 rings (SSSR count). The van der Waals surface area contributed by atoms with Gasteiger partial charge < -0.3 is 30.0 Å². The minimum Gasteiger partial charge on any atom is -0.392 e. The van der Waals surface area contributed by atoms with E-state index in [9.17, 15) is 9.90 Å². The van der Waals surface area contributed by atoms with E-state index in [0.29, 0.717) is 13.1 Å². The molecule has 0 radical (unpaired) electrons. The molecule has 2 saturated heterocycles. The molecule has 0 aliphatic carbocycles. The lowest BCUT2D eigenvalue weighted by Crippen LogP contribution is -2.44. The first-order chi connectivity index (χ1) is 19.6. The van der Waals surface area contributed by atoms with Crippen LogP contribution in [0.1, 0.15) is 48.0 Å². The summed E-state index contributed by atoms with van der Waals surface area (Å²) < 4.78 is 18.6. The number of carbonyl (C=O) groups is 1. The molecule has 8 heteroatoms. The number of aliphatic hydroxyl groups is 1. The Hall–Kier alpha value is -3.27. The lowest BCUT2D eigenvalue weighted by molar-refractivity contribution is -0.253. The van der Waals surface area contributed by atoms with Crippen molar-refractivity contribution in [2.75, 3.05) is 39.4 Å². The summed E-state index contributed by atoms with van der Waals surface area (Å²) in [6, 6.07) is 24.2. The van der Waals surface area contributed by atoms with Gasteiger partial charge in [-0.25, -0.2) is 4.79 Å². The van der Waals surface area contributed by atoms with E-state index in [1.54, 1.807) is 0 Å². The van der Waals surface area contributed by atoms with Gasteiger partial charge >= 0.3 is 6.03 Å². The monoisotopic (exact) mass is 545 g/mol. The number of hydrogen-bond donors (Lipinski definition) is 3. The van der Waals surface area contributed by atoms with Crippen molar-refractivity contribution in [3.63, 3.8) is 0 Å². The van der Waals surface area contributed by atoms with Gasteiger partial charge in [-0.1, -0.05) is 72.8 Å². The zero-order chi connectivity index (χ0) is 27.7. The molecule has 2 fully saturated rings. The van der Waals surface area contributed by atoms with Gasteiger partial charge in [0, 0.05) is 44.7 Å². The second kappa shape index (κ2) is 13.9. The summed E-state index contributed by atoms with van der Waals surface area (Å²) >= 11 is 0. The number of carbonyl (C=O) groups excluding carboxylic acids is 1. The number of ether oxygens (including phenoxy) is 3. The van der Waals surface area contributed by atoms with E-state index in [0.717, 1.165) is 72.6 Å². The number of amides is 2. The molecule has 2 heterocycles. The van der Waals surface area contributed by atoms with Crippen molar-refractivity contribution in [3.05, 3.63) is 95.1 Å².